The zero-order chi connectivity index (χ0) is 28.2. The van der Waals surface area contributed by atoms with E-state index in [1.54, 1.807) is 31.2 Å². The third-order valence-corrected chi connectivity index (χ3v) is 7.06. The van der Waals surface area contributed by atoms with Crippen molar-refractivity contribution in [1.82, 2.24) is 10.2 Å². The number of hydrogen-bond donors (Lipinski definition) is 3. The van der Waals surface area contributed by atoms with Crippen LogP contribution in [-0.2, 0) is 25.7 Å². The van der Waals surface area contributed by atoms with Crippen LogP contribution in [0.4, 0.5) is 4.79 Å². The molecule has 5 N–H and O–H groups in total. The molecule has 0 unspecified atom stereocenters. The summed E-state index contributed by atoms with van der Waals surface area (Å²) in [6, 6.07) is 5.52. The second kappa shape index (κ2) is 15.3. The van der Waals surface area contributed by atoms with Crippen molar-refractivity contribution in [3.8, 4) is 0 Å². The van der Waals surface area contributed by atoms with E-state index >= 15 is 0 Å². The molecule has 0 spiro atoms. The van der Waals surface area contributed by atoms with Crippen molar-refractivity contribution in [1.29, 1.82) is 0 Å². The lowest BCUT2D eigenvalue weighted by Gasteiger charge is -2.30. The smallest absolute Gasteiger partial charge is 0.408 e. The number of nitrogens with two attached hydrogens (primary N) is 2. The summed E-state index contributed by atoms with van der Waals surface area (Å²) >= 11 is 6.12. The quantitative estimate of drug-likeness (QED) is 0.183. The van der Waals surface area contributed by atoms with Crippen molar-refractivity contribution >= 4 is 41.1 Å². The molecule has 1 aliphatic rings. The molecular weight excluding hydrogens is 510 g/mol. The first-order chi connectivity index (χ1) is 18.0. The summed E-state index contributed by atoms with van der Waals surface area (Å²) in [5.41, 5.74) is 11.4. The maximum Gasteiger partial charge on any atom is 0.408 e. The summed E-state index contributed by atoms with van der Waals surface area (Å²) in [7, 11) is 0. The number of carbonyl (C=O) groups excluding carboxylic acids is 4. The number of aliphatic imine (C=N–C) groups is 1. The van der Waals surface area contributed by atoms with Crippen molar-refractivity contribution in [2.75, 3.05) is 13.1 Å². The highest BCUT2D eigenvalue weighted by Crippen LogP contribution is 2.25. The maximum atomic E-state index is 13.5. The van der Waals surface area contributed by atoms with Crippen LogP contribution in [0.25, 0.3) is 0 Å². The summed E-state index contributed by atoms with van der Waals surface area (Å²) in [6.07, 6.45) is 1.89. The van der Waals surface area contributed by atoms with Crippen LogP contribution in [0.15, 0.2) is 29.3 Å². The van der Waals surface area contributed by atoms with E-state index in [4.69, 9.17) is 27.8 Å². The van der Waals surface area contributed by atoms with Gasteiger partial charge in [-0.15, -0.1) is 0 Å². The Kier molecular flexibility index (Phi) is 12.5. The van der Waals surface area contributed by atoms with Gasteiger partial charge in [0.05, 0.1) is 6.04 Å². The van der Waals surface area contributed by atoms with Gasteiger partial charge in [0.1, 0.15) is 18.4 Å². The molecule has 38 heavy (non-hydrogen) atoms. The highest BCUT2D eigenvalue weighted by molar-refractivity contribution is 6.31. The number of guanidine groups is 1. The van der Waals surface area contributed by atoms with Crippen LogP contribution >= 0.6 is 11.6 Å². The fraction of sp³-hybridized carbons (Fsp3) is 0.593. The Hall–Kier alpha value is -3.14. The Balaban J connectivity index is 2.03. The molecule has 3 atom stereocenters. The van der Waals surface area contributed by atoms with Gasteiger partial charge in [0.15, 0.2) is 11.7 Å². The SMILES string of the molecule is CCC(=O)[C@H](CCCN=C(N)N)CC(=O)[C@@H]1CCCN1C(=O)[C@@H](NC(=O)OCc1ccccc1Cl)C(C)C. The Morgan fingerprint density at radius 3 is 2.55 bits per heavy atom. The van der Waals surface area contributed by atoms with Crippen LogP contribution in [0.5, 0.6) is 0 Å². The normalized spacial score (nSPS) is 16.6. The monoisotopic (exact) mass is 549 g/mol. The van der Waals surface area contributed by atoms with Crippen LogP contribution in [0.3, 0.4) is 0 Å². The number of Topliss-reactive ketones (excluding diaryl/α,β-unsaturated/α-hetero) is 2. The summed E-state index contributed by atoms with van der Waals surface area (Å²) in [6.45, 7) is 6.15. The second-order valence-corrected chi connectivity index (χ2v) is 10.3. The molecular formula is C27H40ClN5O5. The van der Waals surface area contributed by atoms with E-state index < -0.39 is 24.1 Å². The lowest BCUT2D eigenvalue weighted by atomic mass is 9.89. The van der Waals surface area contributed by atoms with E-state index in [1.807, 2.05) is 13.8 Å². The van der Waals surface area contributed by atoms with Gasteiger partial charge in [0.25, 0.3) is 0 Å². The highest BCUT2D eigenvalue weighted by atomic mass is 35.5. The number of alkyl carbamates (subject to hydrolysis) is 1. The fourth-order valence-corrected chi connectivity index (χ4v) is 4.77. The number of ether oxygens (including phenoxy) is 1. The number of halogens is 1. The molecule has 210 valence electrons. The average molecular weight is 550 g/mol. The van der Waals surface area contributed by atoms with E-state index in [1.165, 1.54) is 4.90 Å². The van der Waals surface area contributed by atoms with Gasteiger partial charge in [-0.1, -0.05) is 50.6 Å². The van der Waals surface area contributed by atoms with Crippen LogP contribution in [0.1, 0.15) is 64.9 Å². The van der Waals surface area contributed by atoms with E-state index in [-0.39, 0.29) is 42.4 Å². The molecule has 0 radical (unpaired) electrons. The van der Waals surface area contributed by atoms with Crippen molar-refractivity contribution in [3.63, 3.8) is 0 Å². The van der Waals surface area contributed by atoms with Crippen LogP contribution in [0.2, 0.25) is 5.02 Å². The van der Waals surface area contributed by atoms with Crippen molar-refractivity contribution in [2.24, 2.45) is 28.3 Å². The molecule has 1 aromatic rings. The van der Waals surface area contributed by atoms with Gasteiger partial charge in [-0.05, 0) is 37.7 Å². The molecule has 1 fully saturated rings. The van der Waals surface area contributed by atoms with E-state index in [0.717, 1.165) is 0 Å². The van der Waals surface area contributed by atoms with Gasteiger partial charge in [-0.3, -0.25) is 19.4 Å². The third kappa shape index (κ3) is 9.31. The zero-order valence-corrected chi connectivity index (χ0v) is 23.2. The molecule has 11 heteroatoms. The number of ketones is 2. The molecule has 0 saturated carbocycles. The molecule has 0 aliphatic carbocycles. The second-order valence-electron chi connectivity index (χ2n) is 9.86. The molecule has 1 heterocycles. The fourth-order valence-electron chi connectivity index (χ4n) is 4.58. The molecule has 0 aromatic heterocycles. The van der Waals surface area contributed by atoms with Crippen molar-refractivity contribution in [3.05, 3.63) is 34.9 Å². The number of likely N-dealkylation sites (tertiary alicyclic amines) is 1. The van der Waals surface area contributed by atoms with Crippen molar-refractivity contribution < 1.29 is 23.9 Å². The minimum atomic E-state index is -0.866. The zero-order valence-electron chi connectivity index (χ0n) is 22.5. The maximum absolute atomic E-state index is 13.5. The molecule has 1 aromatic carbocycles. The summed E-state index contributed by atoms with van der Waals surface area (Å²) < 4.78 is 5.29. The number of rotatable bonds is 14. The Bertz CT molecular complexity index is 1010. The minimum Gasteiger partial charge on any atom is -0.445 e. The van der Waals surface area contributed by atoms with Gasteiger partial charge in [-0.25, -0.2) is 4.79 Å². The average Bonchev–Trinajstić information content (AvgIpc) is 3.37. The predicted octanol–water partition coefficient (Wildman–Crippen LogP) is 3.19. The topological polar surface area (TPSA) is 157 Å². The lowest BCUT2D eigenvalue weighted by Crippen LogP contribution is -2.54. The summed E-state index contributed by atoms with van der Waals surface area (Å²) in [4.78, 5) is 57.3. The van der Waals surface area contributed by atoms with Crippen LogP contribution in [0, 0.1) is 11.8 Å². The van der Waals surface area contributed by atoms with E-state index in [2.05, 4.69) is 10.3 Å². The molecule has 2 amide bonds. The lowest BCUT2D eigenvalue weighted by molar-refractivity contribution is -0.140. The summed E-state index contributed by atoms with van der Waals surface area (Å²) in [5, 5.41) is 3.14. The highest BCUT2D eigenvalue weighted by Gasteiger charge is 2.39. The largest absolute Gasteiger partial charge is 0.445 e. The number of nitrogens with zero attached hydrogens (tertiary/aromatic N) is 2. The molecule has 2 rings (SSSR count). The van der Waals surface area contributed by atoms with E-state index in [0.29, 0.717) is 55.8 Å². The number of benzene rings is 1. The minimum absolute atomic E-state index is 0.00177. The van der Waals surface area contributed by atoms with Crippen LogP contribution < -0.4 is 16.8 Å². The molecule has 1 aliphatic heterocycles. The Labute approximate surface area is 229 Å². The van der Waals surface area contributed by atoms with Gasteiger partial charge < -0.3 is 26.4 Å². The molecule has 10 nitrogen and oxygen atoms in total. The number of amides is 2. The number of carbonyl (C=O) groups is 4. The number of nitrogens with one attached hydrogen (secondary N) is 1. The first-order valence-electron chi connectivity index (χ1n) is 13.1. The van der Waals surface area contributed by atoms with Gasteiger partial charge in [-0.2, -0.15) is 0 Å². The Morgan fingerprint density at radius 1 is 1.21 bits per heavy atom. The molecule has 1 saturated heterocycles. The van der Waals surface area contributed by atoms with Crippen molar-refractivity contribution in [2.45, 2.75) is 78.0 Å². The van der Waals surface area contributed by atoms with Gasteiger partial charge in [0.2, 0.25) is 5.91 Å². The van der Waals surface area contributed by atoms with Gasteiger partial charge in [0, 0.05) is 42.4 Å². The van der Waals surface area contributed by atoms with Gasteiger partial charge >= 0.3 is 6.09 Å². The Morgan fingerprint density at radius 2 is 1.92 bits per heavy atom. The standard InChI is InChI=1S/C27H40ClN5O5/c1-4-22(34)18(10-7-13-31-26(29)30)15-23(35)21-12-8-14-33(21)25(36)24(17(2)3)32-27(37)38-16-19-9-5-6-11-20(19)28/h5-6,9,11,17-18,21,24H,4,7-8,10,12-16H2,1-3H3,(H,32,37)(H4,29,30,31)/t18-,21+,24+/m1/s1. The third-order valence-electron chi connectivity index (χ3n) is 6.69. The molecule has 0 bridgehead atoms. The summed E-state index contributed by atoms with van der Waals surface area (Å²) in [5.74, 6) is -1.18. The van der Waals surface area contributed by atoms with Crippen LogP contribution in [-0.4, -0.2) is 59.6 Å². The first-order valence-corrected chi connectivity index (χ1v) is 13.5. The predicted molar refractivity (Wildman–Crippen MR) is 146 cm³/mol. The number of hydrogen-bond acceptors (Lipinski definition) is 6. The first kappa shape index (κ1) is 31.1. The van der Waals surface area contributed by atoms with E-state index in [9.17, 15) is 19.2 Å².